The van der Waals surface area contributed by atoms with E-state index in [0.717, 1.165) is 0 Å². The molecule has 0 fully saturated rings. The molecule has 0 aliphatic rings. The highest BCUT2D eigenvalue weighted by molar-refractivity contribution is 6.30. The molecule has 0 aliphatic carbocycles. The lowest BCUT2D eigenvalue weighted by atomic mass is 10.2. The third-order valence-corrected chi connectivity index (χ3v) is 2.73. The van der Waals surface area contributed by atoms with Gasteiger partial charge in [0.2, 0.25) is 5.91 Å². The number of benzene rings is 1. The first-order chi connectivity index (χ1) is 9.15. The molecule has 0 heterocycles. The topological polar surface area (TPSA) is 73.6 Å². The minimum absolute atomic E-state index is 0.105. The monoisotopic (exact) mass is 286 g/mol. The van der Waals surface area contributed by atoms with Crippen molar-refractivity contribution in [1.82, 2.24) is 5.32 Å². The van der Waals surface area contributed by atoms with Crippen molar-refractivity contribution < 1.29 is 14.3 Å². The zero-order valence-electron chi connectivity index (χ0n) is 10.9. The maximum Gasteiger partial charge on any atom is 0.222 e. The molecule has 1 atom stereocenters. The van der Waals surface area contributed by atoms with E-state index in [-0.39, 0.29) is 18.4 Å². The van der Waals surface area contributed by atoms with Gasteiger partial charge in [-0.3, -0.25) is 4.79 Å². The van der Waals surface area contributed by atoms with Crippen molar-refractivity contribution in [2.24, 2.45) is 5.73 Å². The first-order valence-corrected chi connectivity index (χ1v) is 6.41. The maximum atomic E-state index is 11.5. The van der Waals surface area contributed by atoms with Crippen LogP contribution in [0.2, 0.25) is 5.02 Å². The fourth-order valence-corrected chi connectivity index (χ4v) is 1.64. The summed E-state index contributed by atoms with van der Waals surface area (Å²) in [7, 11) is 1.53. The van der Waals surface area contributed by atoms with Crippen LogP contribution < -0.4 is 15.8 Å². The van der Waals surface area contributed by atoms with Crippen LogP contribution in [0.25, 0.3) is 0 Å². The van der Waals surface area contributed by atoms with Crippen LogP contribution in [0.15, 0.2) is 24.3 Å². The molecular weight excluding hydrogens is 268 g/mol. The number of hydrogen-bond donors (Lipinski definition) is 2. The molecule has 3 N–H and O–H groups in total. The van der Waals surface area contributed by atoms with Gasteiger partial charge in [0, 0.05) is 18.7 Å². The minimum Gasteiger partial charge on any atom is -0.492 e. The molecule has 0 saturated carbocycles. The zero-order valence-corrected chi connectivity index (χ0v) is 11.7. The molecule has 0 spiro atoms. The number of hydrogen-bond acceptors (Lipinski definition) is 4. The summed E-state index contributed by atoms with van der Waals surface area (Å²) in [6, 6.07) is 7.11. The number of amides is 1. The summed E-state index contributed by atoms with van der Waals surface area (Å²) >= 11 is 5.82. The average Bonchev–Trinajstić information content (AvgIpc) is 2.41. The molecule has 1 amide bonds. The van der Waals surface area contributed by atoms with Crippen LogP contribution in [0.1, 0.15) is 6.42 Å². The van der Waals surface area contributed by atoms with Gasteiger partial charge in [-0.05, 0) is 18.2 Å². The summed E-state index contributed by atoms with van der Waals surface area (Å²) in [6.45, 7) is 1.13. The Hall–Kier alpha value is -1.30. The highest BCUT2D eigenvalue weighted by Gasteiger charge is 2.10. The number of nitrogens with one attached hydrogen (secondary N) is 1. The van der Waals surface area contributed by atoms with Crippen molar-refractivity contribution in [2.75, 3.05) is 26.8 Å². The fourth-order valence-electron chi connectivity index (χ4n) is 1.46. The summed E-state index contributed by atoms with van der Waals surface area (Å²) in [5.41, 5.74) is 5.43. The van der Waals surface area contributed by atoms with Gasteiger partial charge < -0.3 is 20.5 Å². The summed E-state index contributed by atoms with van der Waals surface area (Å²) in [5, 5.41) is 3.35. The Morgan fingerprint density at radius 1 is 1.53 bits per heavy atom. The van der Waals surface area contributed by atoms with Crippen molar-refractivity contribution in [3.8, 4) is 5.75 Å². The van der Waals surface area contributed by atoms with Gasteiger partial charge in [0.05, 0.1) is 19.1 Å². The van der Waals surface area contributed by atoms with E-state index in [9.17, 15) is 4.79 Å². The number of ether oxygens (including phenoxy) is 2. The molecule has 5 nitrogen and oxygen atoms in total. The largest absolute Gasteiger partial charge is 0.492 e. The molecule has 0 aromatic heterocycles. The van der Waals surface area contributed by atoms with E-state index in [1.165, 1.54) is 7.11 Å². The van der Waals surface area contributed by atoms with E-state index >= 15 is 0 Å². The van der Waals surface area contributed by atoms with Crippen LogP contribution in [0, 0.1) is 0 Å². The second-order valence-corrected chi connectivity index (χ2v) is 4.39. The van der Waals surface area contributed by atoms with Gasteiger partial charge in [-0.15, -0.1) is 0 Å². The molecule has 0 bridgehead atoms. The fraction of sp³-hybridized carbons (Fsp3) is 0.462. The first-order valence-electron chi connectivity index (χ1n) is 6.03. The highest BCUT2D eigenvalue weighted by Crippen LogP contribution is 2.16. The normalized spacial score (nSPS) is 11.9. The SMILES string of the molecule is COC(CN)CC(=O)NCCOc1cccc(Cl)c1. The quantitative estimate of drug-likeness (QED) is 0.704. The number of carbonyl (C=O) groups excluding carboxylic acids is 1. The Bertz CT molecular complexity index is 397. The maximum absolute atomic E-state index is 11.5. The van der Waals surface area contributed by atoms with E-state index in [0.29, 0.717) is 30.5 Å². The number of carbonyl (C=O) groups is 1. The van der Waals surface area contributed by atoms with Crippen LogP contribution in [-0.4, -0.2) is 38.8 Å². The molecule has 1 rings (SSSR count). The van der Waals surface area contributed by atoms with Crippen LogP contribution in [0.3, 0.4) is 0 Å². The van der Waals surface area contributed by atoms with Gasteiger partial charge in [-0.25, -0.2) is 0 Å². The van der Waals surface area contributed by atoms with Crippen LogP contribution in [0.5, 0.6) is 5.75 Å². The molecule has 6 heteroatoms. The second-order valence-electron chi connectivity index (χ2n) is 3.95. The van der Waals surface area contributed by atoms with Crippen molar-refractivity contribution >= 4 is 17.5 Å². The molecule has 1 unspecified atom stereocenters. The van der Waals surface area contributed by atoms with Gasteiger partial charge >= 0.3 is 0 Å². The Morgan fingerprint density at radius 2 is 2.32 bits per heavy atom. The van der Waals surface area contributed by atoms with E-state index in [1.807, 2.05) is 6.07 Å². The lowest BCUT2D eigenvalue weighted by Gasteiger charge is -2.12. The standard InChI is InChI=1S/C13H19ClN2O3/c1-18-12(9-15)8-13(17)16-5-6-19-11-4-2-3-10(14)7-11/h2-4,7,12H,5-6,8-9,15H2,1H3,(H,16,17). The summed E-state index contributed by atoms with van der Waals surface area (Å²) in [5.74, 6) is 0.575. The van der Waals surface area contributed by atoms with Gasteiger partial charge in [-0.2, -0.15) is 0 Å². The number of halogens is 1. The minimum atomic E-state index is -0.242. The lowest BCUT2D eigenvalue weighted by molar-refractivity contribution is -0.123. The number of methoxy groups -OCH3 is 1. The average molecular weight is 287 g/mol. The summed E-state index contributed by atoms with van der Waals surface area (Å²) in [6.07, 6.45) is 0.0123. The molecule has 0 radical (unpaired) electrons. The number of rotatable bonds is 8. The molecule has 1 aromatic rings. The third kappa shape index (κ3) is 6.42. The third-order valence-electron chi connectivity index (χ3n) is 2.50. The predicted octanol–water partition coefficient (Wildman–Crippen LogP) is 1.20. The van der Waals surface area contributed by atoms with Gasteiger partial charge in [0.15, 0.2) is 0 Å². The number of nitrogens with two attached hydrogens (primary N) is 1. The Morgan fingerprint density at radius 3 is 2.95 bits per heavy atom. The molecule has 1 aromatic carbocycles. The Labute approximate surface area is 118 Å². The highest BCUT2D eigenvalue weighted by atomic mass is 35.5. The van der Waals surface area contributed by atoms with E-state index in [1.54, 1.807) is 18.2 Å². The van der Waals surface area contributed by atoms with Gasteiger partial charge in [-0.1, -0.05) is 17.7 Å². The van der Waals surface area contributed by atoms with Crippen LogP contribution in [0.4, 0.5) is 0 Å². The molecule has 0 saturated heterocycles. The van der Waals surface area contributed by atoms with Crippen LogP contribution in [-0.2, 0) is 9.53 Å². The van der Waals surface area contributed by atoms with Crippen LogP contribution >= 0.6 is 11.6 Å². The van der Waals surface area contributed by atoms with E-state index < -0.39 is 0 Å². The lowest BCUT2D eigenvalue weighted by Crippen LogP contribution is -2.34. The predicted molar refractivity (Wildman–Crippen MR) is 74.4 cm³/mol. The molecule has 0 aliphatic heterocycles. The van der Waals surface area contributed by atoms with Crippen molar-refractivity contribution in [3.63, 3.8) is 0 Å². The molecule has 19 heavy (non-hydrogen) atoms. The molecular formula is C13H19ClN2O3. The Kier molecular flexibility index (Phi) is 7.25. The van der Waals surface area contributed by atoms with E-state index in [2.05, 4.69) is 5.32 Å². The van der Waals surface area contributed by atoms with Crippen molar-refractivity contribution in [2.45, 2.75) is 12.5 Å². The van der Waals surface area contributed by atoms with Gasteiger partial charge in [0.25, 0.3) is 0 Å². The van der Waals surface area contributed by atoms with Crippen molar-refractivity contribution in [3.05, 3.63) is 29.3 Å². The van der Waals surface area contributed by atoms with Crippen molar-refractivity contribution in [1.29, 1.82) is 0 Å². The summed E-state index contributed by atoms with van der Waals surface area (Å²) < 4.78 is 10.5. The first kappa shape index (κ1) is 15.8. The Balaban J connectivity index is 2.18. The van der Waals surface area contributed by atoms with E-state index in [4.69, 9.17) is 26.8 Å². The van der Waals surface area contributed by atoms with Gasteiger partial charge in [0.1, 0.15) is 12.4 Å². The molecule has 106 valence electrons. The second kappa shape index (κ2) is 8.74. The zero-order chi connectivity index (χ0) is 14.1. The smallest absolute Gasteiger partial charge is 0.222 e. The summed E-state index contributed by atoms with van der Waals surface area (Å²) in [4.78, 5) is 11.5.